The van der Waals surface area contributed by atoms with Crippen LogP contribution in [-0.2, 0) is 15.8 Å². The first-order valence-electron chi connectivity index (χ1n) is 9.10. The van der Waals surface area contributed by atoms with Crippen LogP contribution in [0.25, 0.3) is 10.9 Å². The van der Waals surface area contributed by atoms with Crippen molar-refractivity contribution in [3.05, 3.63) is 66.5 Å². The smallest absolute Gasteiger partial charge is 0.218 e. The minimum Gasteiger partial charge on any atom is -0.367 e. The van der Waals surface area contributed by atoms with Gasteiger partial charge in [0, 0.05) is 24.5 Å². The molecule has 0 amide bonds. The fourth-order valence-corrected chi connectivity index (χ4v) is 5.03. The van der Waals surface area contributed by atoms with E-state index < -0.39 is 10.0 Å². The molecular weight excluding hydrogens is 360 g/mol. The molecule has 0 unspecified atom stereocenters. The molecule has 0 spiro atoms. The van der Waals surface area contributed by atoms with E-state index in [-0.39, 0.29) is 11.8 Å². The average Bonchev–Trinajstić information content (AvgIpc) is 2.69. The fourth-order valence-electron chi connectivity index (χ4n) is 3.47. The molecule has 4 rings (SSSR count). The summed E-state index contributed by atoms with van der Waals surface area (Å²) in [4.78, 5) is 8.65. The van der Waals surface area contributed by atoms with Crippen molar-refractivity contribution in [2.75, 3.05) is 18.4 Å². The Hall–Kier alpha value is -2.51. The Kier molecular flexibility index (Phi) is 5.05. The number of fused-ring (bicyclic) bond motifs is 1. The summed E-state index contributed by atoms with van der Waals surface area (Å²) in [6.07, 6.45) is 3.07. The second kappa shape index (κ2) is 7.62. The maximum Gasteiger partial charge on any atom is 0.218 e. The first kappa shape index (κ1) is 17.9. The standard InChI is InChI=1S/C20H22N4O2S/c25-27(26,14-16-6-2-1-3-7-16)24-12-10-17(11-13-24)23-20-18-8-4-5-9-19(18)21-15-22-20/h1-9,15,17H,10-14H2,(H,21,22,23). The van der Waals surface area contributed by atoms with E-state index in [1.54, 1.807) is 10.6 Å². The van der Waals surface area contributed by atoms with Gasteiger partial charge in [0.15, 0.2) is 0 Å². The van der Waals surface area contributed by atoms with E-state index in [9.17, 15) is 8.42 Å². The quantitative estimate of drug-likeness (QED) is 0.734. The first-order chi connectivity index (χ1) is 13.1. The zero-order chi connectivity index (χ0) is 18.7. The van der Waals surface area contributed by atoms with E-state index in [2.05, 4.69) is 15.3 Å². The second-order valence-electron chi connectivity index (χ2n) is 6.80. The third kappa shape index (κ3) is 4.09. The van der Waals surface area contributed by atoms with Gasteiger partial charge in [0.2, 0.25) is 10.0 Å². The lowest BCUT2D eigenvalue weighted by Crippen LogP contribution is -2.42. The topological polar surface area (TPSA) is 75.2 Å². The van der Waals surface area contributed by atoms with Gasteiger partial charge in [0.25, 0.3) is 0 Å². The van der Waals surface area contributed by atoms with Gasteiger partial charge >= 0.3 is 0 Å². The Morgan fingerprint density at radius 3 is 2.44 bits per heavy atom. The molecule has 0 radical (unpaired) electrons. The second-order valence-corrected chi connectivity index (χ2v) is 8.77. The van der Waals surface area contributed by atoms with Gasteiger partial charge in [0.1, 0.15) is 12.1 Å². The Morgan fingerprint density at radius 2 is 1.67 bits per heavy atom. The predicted octanol–water partition coefficient (Wildman–Crippen LogP) is 3.04. The molecule has 1 saturated heterocycles. The minimum atomic E-state index is -3.29. The molecule has 0 atom stereocenters. The number of benzene rings is 2. The summed E-state index contributed by atoms with van der Waals surface area (Å²) in [5, 5.41) is 4.46. The summed E-state index contributed by atoms with van der Waals surface area (Å²) in [6.45, 7) is 1.05. The summed E-state index contributed by atoms with van der Waals surface area (Å²) in [6, 6.07) is 17.4. The molecule has 27 heavy (non-hydrogen) atoms. The predicted molar refractivity (Wildman–Crippen MR) is 107 cm³/mol. The lowest BCUT2D eigenvalue weighted by molar-refractivity contribution is 0.329. The minimum absolute atomic E-state index is 0.0580. The molecule has 1 aliphatic heterocycles. The van der Waals surface area contributed by atoms with Crippen LogP contribution >= 0.6 is 0 Å². The highest BCUT2D eigenvalue weighted by Gasteiger charge is 2.28. The molecule has 1 aromatic heterocycles. The van der Waals surface area contributed by atoms with Crippen LogP contribution in [0, 0.1) is 0 Å². The van der Waals surface area contributed by atoms with E-state index in [1.165, 1.54) is 0 Å². The molecule has 7 heteroatoms. The van der Waals surface area contributed by atoms with Crippen molar-refractivity contribution in [1.29, 1.82) is 0 Å². The van der Waals surface area contributed by atoms with Crippen LogP contribution in [0.2, 0.25) is 0 Å². The number of para-hydroxylation sites is 1. The lowest BCUT2D eigenvalue weighted by atomic mass is 10.1. The van der Waals surface area contributed by atoms with Crippen LogP contribution in [0.4, 0.5) is 5.82 Å². The largest absolute Gasteiger partial charge is 0.367 e. The van der Waals surface area contributed by atoms with Gasteiger partial charge < -0.3 is 5.32 Å². The molecule has 0 saturated carbocycles. The zero-order valence-corrected chi connectivity index (χ0v) is 15.8. The molecule has 1 aliphatic rings. The van der Waals surface area contributed by atoms with Crippen LogP contribution in [0.15, 0.2) is 60.9 Å². The third-order valence-corrected chi connectivity index (χ3v) is 6.77. The van der Waals surface area contributed by atoms with Crippen LogP contribution in [0.3, 0.4) is 0 Å². The van der Waals surface area contributed by atoms with Crippen LogP contribution < -0.4 is 5.32 Å². The molecule has 140 valence electrons. The first-order valence-corrected chi connectivity index (χ1v) is 10.7. The molecule has 0 aliphatic carbocycles. The van der Waals surface area contributed by atoms with E-state index in [1.807, 2.05) is 54.6 Å². The molecular formula is C20H22N4O2S. The number of sulfonamides is 1. The number of aromatic nitrogens is 2. The number of hydrogen-bond acceptors (Lipinski definition) is 5. The Morgan fingerprint density at radius 1 is 0.963 bits per heavy atom. The van der Waals surface area contributed by atoms with Crippen molar-refractivity contribution in [3.63, 3.8) is 0 Å². The number of rotatable bonds is 5. The van der Waals surface area contributed by atoms with E-state index >= 15 is 0 Å². The van der Waals surface area contributed by atoms with Crippen molar-refractivity contribution < 1.29 is 8.42 Å². The van der Waals surface area contributed by atoms with Gasteiger partial charge in [-0.1, -0.05) is 42.5 Å². The summed E-state index contributed by atoms with van der Waals surface area (Å²) in [7, 11) is -3.29. The van der Waals surface area contributed by atoms with Crippen LogP contribution in [0.1, 0.15) is 18.4 Å². The molecule has 3 aromatic rings. The van der Waals surface area contributed by atoms with Gasteiger partial charge in [-0.05, 0) is 30.5 Å². The van der Waals surface area contributed by atoms with Gasteiger partial charge in [-0.2, -0.15) is 0 Å². The number of hydrogen-bond donors (Lipinski definition) is 1. The van der Waals surface area contributed by atoms with Gasteiger partial charge in [-0.25, -0.2) is 22.7 Å². The van der Waals surface area contributed by atoms with Crippen molar-refractivity contribution in [2.24, 2.45) is 0 Å². The third-order valence-electron chi connectivity index (χ3n) is 4.92. The highest BCUT2D eigenvalue weighted by atomic mass is 32.2. The molecule has 1 fully saturated rings. The number of piperidine rings is 1. The van der Waals surface area contributed by atoms with E-state index in [0.717, 1.165) is 35.1 Å². The summed E-state index contributed by atoms with van der Waals surface area (Å²) < 4.78 is 27.0. The highest BCUT2D eigenvalue weighted by Crippen LogP contribution is 2.23. The van der Waals surface area contributed by atoms with E-state index in [0.29, 0.717) is 13.1 Å². The van der Waals surface area contributed by atoms with Crippen LogP contribution in [-0.4, -0.2) is 41.8 Å². The van der Waals surface area contributed by atoms with Gasteiger partial charge in [-0.3, -0.25) is 0 Å². The van der Waals surface area contributed by atoms with Crippen molar-refractivity contribution >= 4 is 26.7 Å². The molecule has 2 heterocycles. The maximum atomic E-state index is 12.7. The number of nitrogens with zero attached hydrogens (tertiary/aromatic N) is 3. The fraction of sp³-hybridized carbons (Fsp3) is 0.300. The zero-order valence-electron chi connectivity index (χ0n) is 15.0. The maximum absolute atomic E-state index is 12.7. The van der Waals surface area contributed by atoms with Crippen molar-refractivity contribution in [3.8, 4) is 0 Å². The molecule has 0 bridgehead atoms. The van der Waals surface area contributed by atoms with Crippen LogP contribution in [0.5, 0.6) is 0 Å². The normalized spacial score (nSPS) is 16.4. The molecule has 6 nitrogen and oxygen atoms in total. The highest BCUT2D eigenvalue weighted by molar-refractivity contribution is 7.88. The summed E-state index contributed by atoms with van der Waals surface area (Å²) in [5.41, 5.74) is 1.73. The average molecular weight is 382 g/mol. The Bertz CT molecular complexity index is 1010. The summed E-state index contributed by atoms with van der Waals surface area (Å²) in [5.74, 6) is 0.869. The number of anilines is 1. The SMILES string of the molecule is O=S(=O)(Cc1ccccc1)N1CCC(Nc2ncnc3ccccc23)CC1. The van der Waals surface area contributed by atoms with Gasteiger partial charge in [-0.15, -0.1) is 0 Å². The van der Waals surface area contributed by atoms with E-state index in [4.69, 9.17) is 0 Å². The molecule has 2 aromatic carbocycles. The van der Waals surface area contributed by atoms with Crippen molar-refractivity contribution in [1.82, 2.24) is 14.3 Å². The monoisotopic (exact) mass is 382 g/mol. The summed E-state index contributed by atoms with van der Waals surface area (Å²) >= 11 is 0. The van der Waals surface area contributed by atoms with Gasteiger partial charge in [0.05, 0.1) is 11.3 Å². The molecule has 1 N–H and O–H groups in total. The number of nitrogens with one attached hydrogen (secondary N) is 1. The lowest BCUT2D eigenvalue weighted by Gasteiger charge is -2.32. The Balaban J connectivity index is 1.40. The van der Waals surface area contributed by atoms with Crippen molar-refractivity contribution in [2.45, 2.75) is 24.6 Å². The Labute approximate surface area is 159 Å².